The third kappa shape index (κ3) is 5.15. The first-order chi connectivity index (χ1) is 15.5. The van der Waals surface area contributed by atoms with Gasteiger partial charge in [-0.15, -0.1) is 0 Å². The van der Waals surface area contributed by atoms with E-state index in [1.807, 2.05) is 72.0 Å². The van der Waals surface area contributed by atoms with Crippen LogP contribution in [0.1, 0.15) is 16.7 Å². The number of anilines is 1. The van der Waals surface area contributed by atoms with E-state index in [0.29, 0.717) is 32.0 Å². The van der Waals surface area contributed by atoms with E-state index in [0.717, 1.165) is 27.6 Å². The molecule has 32 heavy (non-hydrogen) atoms. The van der Waals surface area contributed by atoms with Gasteiger partial charge in [-0.2, -0.15) is 5.10 Å². The Morgan fingerprint density at radius 2 is 1.81 bits per heavy atom. The number of fused-ring (bicyclic) bond motifs is 1. The van der Waals surface area contributed by atoms with E-state index < -0.39 is 6.03 Å². The van der Waals surface area contributed by atoms with Crippen LogP contribution in [0.4, 0.5) is 10.5 Å². The van der Waals surface area contributed by atoms with Crippen molar-refractivity contribution < 1.29 is 14.3 Å². The van der Waals surface area contributed by atoms with Crippen LogP contribution in [-0.2, 0) is 16.1 Å². The van der Waals surface area contributed by atoms with Crippen molar-refractivity contribution >= 4 is 34.7 Å². The van der Waals surface area contributed by atoms with Crippen molar-refractivity contribution in [3.8, 4) is 0 Å². The van der Waals surface area contributed by atoms with Crippen LogP contribution < -0.4 is 10.7 Å². The Morgan fingerprint density at radius 3 is 2.56 bits per heavy atom. The molecule has 8 nitrogen and oxygen atoms in total. The molecular formula is C24H27N5O3. The molecule has 0 bridgehead atoms. The molecule has 1 aliphatic heterocycles. The zero-order valence-corrected chi connectivity index (χ0v) is 18.3. The molecule has 0 radical (unpaired) electrons. The number of benzene rings is 2. The monoisotopic (exact) mass is 433 g/mol. The number of para-hydroxylation sites is 1. The summed E-state index contributed by atoms with van der Waals surface area (Å²) in [6, 6.07) is 13.2. The molecule has 1 fully saturated rings. The maximum absolute atomic E-state index is 12.7. The SMILES string of the molecule is Cc1cc(C)cc(NC(=O)N/N=C/c2cn(CC(=O)N3CCOCC3)c3ccccc23)c1. The molecule has 4 rings (SSSR count). The number of carbonyl (C=O) groups excluding carboxylic acids is 2. The number of rotatable bonds is 5. The topological polar surface area (TPSA) is 88.0 Å². The number of nitrogens with one attached hydrogen (secondary N) is 2. The second-order valence-electron chi connectivity index (χ2n) is 7.92. The molecule has 1 saturated heterocycles. The van der Waals surface area contributed by atoms with Gasteiger partial charge >= 0.3 is 6.03 Å². The Hall–Kier alpha value is -3.65. The van der Waals surface area contributed by atoms with E-state index in [1.54, 1.807) is 6.21 Å². The number of amides is 3. The maximum atomic E-state index is 12.7. The van der Waals surface area contributed by atoms with Crippen LogP contribution in [0.15, 0.2) is 53.8 Å². The first kappa shape index (κ1) is 21.6. The molecule has 8 heteroatoms. The molecular weight excluding hydrogens is 406 g/mol. The van der Waals surface area contributed by atoms with Gasteiger partial charge in [0.05, 0.1) is 19.4 Å². The van der Waals surface area contributed by atoms with Crippen LogP contribution in [0.3, 0.4) is 0 Å². The standard InChI is InChI=1S/C24H27N5O3/c1-17-11-18(2)13-20(12-17)26-24(31)27-25-14-19-15-29(22-6-4-3-5-21(19)22)16-23(30)28-7-9-32-10-8-28/h3-6,11-15H,7-10,16H2,1-2H3,(H2,26,27,31)/b25-14+. The van der Waals surface area contributed by atoms with Gasteiger partial charge in [0.25, 0.3) is 0 Å². The average molecular weight is 434 g/mol. The van der Waals surface area contributed by atoms with Crippen LogP contribution in [0.25, 0.3) is 10.9 Å². The first-order valence-corrected chi connectivity index (χ1v) is 10.6. The average Bonchev–Trinajstić information content (AvgIpc) is 3.11. The van der Waals surface area contributed by atoms with E-state index in [1.165, 1.54) is 0 Å². The number of hydrazone groups is 1. The molecule has 2 heterocycles. The van der Waals surface area contributed by atoms with Gasteiger partial charge in [0, 0.05) is 41.4 Å². The highest BCUT2D eigenvalue weighted by Crippen LogP contribution is 2.20. The molecule has 1 aliphatic rings. The number of nitrogens with zero attached hydrogens (tertiary/aromatic N) is 3. The van der Waals surface area contributed by atoms with Gasteiger partial charge in [0.15, 0.2) is 0 Å². The Bertz CT molecular complexity index is 1140. The molecule has 3 amide bonds. The van der Waals surface area contributed by atoms with Crippen molar-refractivity contribution in [2.75, 3.05) is 31.6 Å². The third-order valence-electron chi connectivity index (χ3n) is 5.34. The lowest BCUT2D eigenvalue weighted by Gasteiger charge is -2.27. The van der Waals surface area contributed by atoms with Crippen LogP contribution >= 0.6 is 0 Å². The van der Waals surface area contributed by atoms with Crippen molar-refractivity contribution in [1.29, 1.82) is 0 Å². The summed E-state index contributed by atoms with van der Waals surface area (Å²) < 4.78 is 7.25. The van der Waals surface area contributed by atoms with E-state index in [2.05, 4.69) is 15.8 Å². The van der Waals surface area contributed by atoms with Crippen LogP contribution in [-0.4, -0.2) is 53.9 Å². The lowest BCUT2D eigenvalue weighted by molar-refractivity contribution is -0.135. The van der Waals surface area contributed by atoms with E-state index in [-0.39, 0.29) is 12.5 Å². The quantitative estimate of drug-likeness (QED) is 0.478. The molecule has 0 aliphatic carbocycles. The largest absolute Gasteiger partial charge is 0.378 e. The van der Waals surface area contributed by atoms with Crippen molar-refractivity contribution in [3.63, 3.8) is 0 Å². The Kier molecular flexibility index (Phi) is 6.51. The summed E-state index contributed by atoms with van der Waals surface area (Å²) in [5.41, 5.74) is 7.13. The minimum atomic E-state index is -0.419. The molecule has 0 saturated carbocycles. The van der Waals surface area contributed by atoms with Crippen LogP contribution in [0.5, 0.6) is 0 Å². The van der Waals surface area contributed by atoms with Crippen molar-refractivity contribution in [2.45, 2.75) is 20.4 Å². The fourth-order valence-electron chi connectivity index (χ4n) is 3.93. The summed E-state index contributed by atoms with van der Waals surface area (Å²) in [7, 11) is 0. The first-order valence-electron chi connectivity index (χ1n) is 10.6. The number of aryl methyl sites for hydroxylation is 2. The number of carbonyl (C=O) groups is 2. The number of hydrogen-bond donors (Lipinski definition) is 2. The van der Waals surface area contributed by atoms with Gasteiger partial charge in [-0.3, -0.25) is 4.79 Å². The Labute approximate surface area is 186 Å². The zero-order valence-electron chi connectivity index (χ0n) is 18.3. The summed E-state index contributed by atoms with van der Waals surface area (Å²) >= 11 is 0. The molecule has 0 unspecified atom stereocenters. The highest BCUT2D eigenvalue weighted by molar-refractivity contribution is 6.00. The number of urea groups is 1. The lowest BCUT2D eigenvalue weighted by atomic mass is 10.1. The predicted molar refractivity (Wildman–Crippen MR) is 125 cm³/mol. The summed E-state index contributed by atoms with van der Waals surface area (Å²) in [4.78, 5) is 26.7. The Morgan fingerprint density at radius 1 is 1.09 bits per heavy atom. The highest BCUT2D eigenvalue weighted by atomic mass is 16.5. The molecule has 2 N–H and O–H groups in total. The molecule has 1 aromatic heterocycles. The van der Waals surface area contributed by atoms with E-state index in [9.17, 15) is 9.59 Å². The van der Waals surface area contributed by atoms with E-state index >= 15 is 0 Å². The van der Waals surface area contributed by atoms with Crippen LogP contribution in [0, 0.1) is 13.8 Å². The third-order valence-corrected chi connectivity index (χ3v) is 5.34. The smallest absolute Gasteiger partial charge is 0.339 e. The summed E-state index contributed by atoms with van der Waals surface area (Å²) in [5, 5.41) is 7.85. The maximum Gasteiger partial charge on any atom is 0.339 e. The van der Waals surface area contributed by atoms with Crippen LogP contribution in [0.2, 0.25) is 0 Å². The number of aromatic nitrogens is 1. The summed E-state index contributed by atoms with van der Waals surface area (Å²) in [5.74, 6) is 0.0588. The fourth-order valence-corrected chi connectivity index (χ4v) is 3.93. The van der Waals surface area contributed by atoms with Gasteiger partial charge in [-0.05, 0) is 43.2 Å². The van der Waals surface area contributed by atoms with Crippen molar-refractivity contribution in [2.24, 2.45) is 5.10 Å². The van der Waals surface area contributed by atoms with Gasteiger partial charge in [-0.25, -0.2) is 10.2 Å². The lowest BCUT2D eigenvalue weighted by Crippen LogP contribution is -2.42. The summed E-state index contributed by atoms with van der Waals surface area (Å²) in [6.07, 6.45) is 3.48. The molecule has 166 valence electrons. The summed E-state index contributed by atoms with van der Waals surface area (Å²) in [6.45, 7) is 6.59. The second-order valence-corrected chi connectivity index (χ2v) is 7.92. The Balaban J connectivity index is 1.45. The van der Waals surface area contributed by atoms with Gasteiger partial charge in [-0.1, -0.05) is 24.3 Å². The van der Waals surface area contributed by atoms with Gasteiger partial charge in [0.1, 0.15) is 6.54 Å². The zero-order chi connectivity index (χ0) is 22.5. The number of hydrogen-bond acceptors (Lipinski definition) is 4. The van der Waals surface area contributed by atoms with Crippen molar-refractivity contribution in [3.05, 3.63) is 65.4 Å². The second kappa shape index (κ2) is 9.65. The number of ether oxygens (including phenoxy) is 1. The minimum absolute atomic E-state index is 0.0588. The minimum Gasteiger partial charge on any atom is -0.378 e. The molecule has 0 spiro atoms. The predicted octanol–water partition coefficient (Wildman–Crippen LogP) is 3.27. The molecule has 3 aromatic rings. The molecule has 0 atom stereocenters. The number of morpholine rings is 1. The highest BCUT2D eigenvalue weighted by Gasteiger charge is 2.18. The fraction of sp³-hybridized carbons (Fsp3) is 0.292. The van der Waals surface area contributed by atoms with Gasteiger partial charge in [0.2, 0.25) is 5.91 Å². The van der Waals surface area contributed by atoms with Gasteiger partial charge < -0.3 is 19.5 Å². The normalized spacial score (nSPS) is 14.1. The van der Waals surface area contributed by atoms with Crippen molar-refractivity contribution in [1.82, 2.24) is 14.9 Å². The molecule has 2 aromatic carbocycles. The van der Waals surface area contributed by atoms with E-state index in [4.69, 9.17) is 4.74 Å².